The Morgan fingerprint density at radius 1 is 0.868 bits per heavy atom. The molecule has 0 fully saturated rings. The van der Waals surface area contributed by atoms with E-state index in [0.29, 0.717) is 22.5 Å². The van der Waals surface area contributed by atoms with Crippen LogP contribution in [0.3, 0.4) is 0 Å². The first-order valence-electron chi connectivity index (χ1n) is 11.0. The van der Waals surface area contributed by atoms with Gasteiger partial charge >= 0.3 is 6.36 Å². The zero-order valence-corrected chi connectivity index (χ0v) is 20.4. The Hall–Kier alpha value is -4.81. The molecule has 2 amide bonds. The first kappa shape index (κ1) is 24.9. The van der Waals surface area contributed by atoms with Crippen molar-refractivity contribution >= 4 is 28.5 Å². The predicted molar refractivity (Wildman–Crippen MR) is 128 cm³/mol. The van der Waals surface area contributed by atoms with Crippen molar-refractivity contribution in [2.75, 3.05) is 26.2 Å². The second kappa shape index (κ2) is 8.94. The molecule has 5 rings (SSSR count). The first-order chi connectivity index (χ1) is 18.1. The van der Waals surface area contributed by atoms with Crippen molar-refractivity contribution in [3.8, 4) is 28.7 Å². The normalized spacial score (nSPS) is 13.2. The van der Waals surface area contributed by atoms with E-state index in [9.17, 15) is 22.8 Å². The van der Waals surface area contributed by atoms with Crippen molar-refractivity contribution in [2.24, 2.45) is 0 Å². The summed E-state index contributed by atoms with van der Waals surface area (Å²) >= 11 is 0. The summed E-state index contributed by atoms with van der Waals surface area (Å²) in [4.78, 5) is 32.4. The maximum Gasteiger partial charge on any atom is 0.573 e. The quantitative estimate of drug-likeness (QED) is 0.338. The van der Waals surface area contributed by atoms with Gasteiger partial charge in [-0.25, -0.2) is 14.6 Å². The third-order valence-electron chi connectivity index (χ3n) is 5.94. The molecule has 1 aliphatic rings. The van der Waals surface area contributed by atoms with E-state index in [1.165, 1.54) is 56.5 Å². The summed E-state index contributed by atoms with van der Waals surface area (Å²) in [5.74, 6) is -0.807. The molecule has 0 aliphatic carbocycles. The average molecular weight is 528 g/mol. The molecule has 10 nitrogen and oxygen atoms in total. The summed E-state index contributed by atoms with van der Waals surface area (Å²) < 4.78 is 58.9. The van der Waals surface area contributed by atoms with E-state index < -0.39 is 23.9 Å². The Bertz CT molecular complexity index is 1570. The molecule has 0 spiro atoms. The highest BCUT2D eigenvalue weighted by Crippen LogP contribution is 2.43. The number of carbonyl (C=O) groups excluding carboxylic acids is 2. The number of carbonyl (C=O) groups is 2. The highest BCUT2D eigenvalue weighted by Gasteiger charge is 2.41. The fraction of sp³-hybridized carbons (Fsp3) is 0.200. The topological polar surface area (TPSA) is 105 Å². The van der Waals surface area contributed by atoms with Gasteiger partial charge in [0.15, 0.2) is 17.1 Å². The number of imide groups is 1. The van der Waals surface area contributed by atoms with Crippen LogP contribution in [0.5, 0.6) is 23.0 Å². The number of alkyl halides is 3. The van der Waals surface area contributed by atoms with Crippen molar-refractivity contribution in [3.63, 3.8) is 0 Å². The van der Waals surface area contributed by atoms with Gasteiger partial charge in [0.25, 0.3) is 11.8 Å². The van der Waals surface area contributed by atoms with E-state index in [-0.39, 0.29) is 34.0 Å². The van der Waals surface area contributed by atoms with E-state index in [2.05, 4.69) is 14.8 Å². The summed E-state index contributed by atoms with van der Waals surface area (Å²) in [7, 11) is 4.26. The van der Waals surface area contributed by atoms with Crippen LogP contribution in [-0.2, 0) is 0 Å². The van der Waals surface area contributed by atoms with Crippen LogP contribution in [0.4, 0.5) is 18.9 Å². The van der Waals surface area contributed by atoms with Crippen molar-refractivity contribution < 1.29 is 41.7 Å². The van der Waals surface area contributed by atoms with Gasteiger partial charge in [-0.2, -0.15) is 5.10 Å². The number of pyridine rings is 1. The smallest absolute Gasteiger partial charge is 0.493 e. The summed E-state index contributed by atoms with van der Waals surface area (Å²) in [5, 5.41) is 4.77. The van der Waals surface area contributed by atoms with Crippen LogP contribution in [0.15, 0.2) is 42.6 Å². The first-order valence-corrected chi connectivity index (χ1v) is 11.0. The van der Waals surface area contributed by atoms with Crippen molar-refractivity contribution in [1.82, 2.24) is 14.8 Å². The lowest BCUT2D eigenvalue weighted by atomic mass is 10.1. The van der Waals surface area contributed by atoms with Crippen molar-refractivity contribution in [2.45, 2.75) is 13.3 Å². The van der Waals surface area contributed by atoms with Gasteiger partial charge in [-0.1, -0.05) is 0 Å². The monoisotopic (exact) mass is 528 g/mol. The van der Waals surface area contributed by atoms with Crippen LogP contribution < -0.4 is 23.8 Å². The number of aromatic nitrogens is 3. The minimum absolute atomic E-state index is 0.0767. The molecule has 2 aromatic heterocycles. The van der Waals surface area contributed by atoms with Gasteiger partial charge < -0.3 is 18.9 Å². The van der Waals surface area contributed by atoms with Crippen LogP contribution in [-0.4, -0.2) is 54.3 Å². The van der Waals surface area contributed by atoms with Gasteiger partial charge in [0.1, 0.15) is 5.75 Å². The van der Waals surface area contributed by atoms with E-state index >= 15 is 0 Å². The fourth-order valence-corrected chi connectivity index (χ4v) is 4.36. The van der Waals surface area contributed by atoms with Crippen LogP contribution >= 0.6 is 0 Å². The summed E-state index contributed by atoms with van der Waals surface area (Å²) in [6, 6.07) is 7.98. The Morgan fingerprint density at radius 3 is 2.05 bits per heavy atom. The van der Waals surface area contributed by atoms with Gasteiger partial charge in [0, 0.05) is 18.3 Å². The molecule has 2 aromatic carbocycles. The van der Waals surface area contributed by atoms with Crippen LogP contribution in [0, 0.1) is 6.92 Å². The molecule has 0 saturated heterocycles. The molecule has 0 radical (unpaired) electrons. The summed E-state index contributed by atoms with van der Waals surface area (Å²) in [6.45, 7) is 1.64. The fourth-order valence-electron chi connectivity index (χ4n) is 4.36. The number of ether oxygens (including phenoxy) is 4. The molecule has 13 heteroatoms. The SMILES string of the molecule is COc1cc(N2C(=O)c3cnc4c(c(C)nn4-c4ccc(OC(F)(F)F)cc4)c3C2=O)cc(OC)c1OC. The standard InChI is InChI=1S/C25H19F3N4O6/c1-12-19-20-16(11-29-22(19)32(30-12)13-5-7-15(8-6-13)38-25(26,27)28)23(33)31(24(20)34)14-9-17(35-2)21(37-4)18(10-14)36-3/h5-11H,1-4H3. The lowest BCUT2D eigenvalue weighted by Crippen LogP contribution is -2.29. The molecule has 196 valence electrons. The Labute approximate surface area is 213 Å². The molecule has 0 bridgehead atoms. The number of fused-ring (bicyclic) bond motifs is 3. The van der Waals surface area contributed by atoms with Gasteiger partial charge in [0.2, 0.25) is 5.75 Å². The summed E-state index contributed by atoms with van der Waals surface area (Å²) in [5.41, 5.74) is 1.40. The number of rotatable bonds is 6. The third kappa shape index (κ3) is 3.92. The molecular weight excluding hydrogens is 509 g/mol. The van der Waals surface area contributed by atoms with Crippen LogP contribution in [0.25, 0.3) is 16.7 Å². The predicted octanol–water partition coefficient (Wildman–Crippen LogP) is 4.45. The minimum Gasteiger partial charge on any atom is -0.493 e. The minimum atomic E-state index is -4.82. The van der Waals surface area contributed by atoms with Crippen molar-refractivity contribution in [3.05, 3.63) is 59.4 Å². The summed E-state index contributed by atoms with van der Waals surface area (Å²) in [6.07, 6.45) is -3.55. The Balaban J connectivity index is 1.59. The van der Waals surface area contributed by atoms with E-state index in [1.54, 1.807) is 6.92 Å². The molecule has 0 N–H and O–H groups in total. The highest BCUT2D eigenvalue weighted by molar-refractivity contribution is 6.37. The maximum absolute atomic E-state index is 13.7. The largest absolute Gasteiger partial charge is 0.573 e. The Morgan fingerprint density at radius 2 is 1.50 bits per heavy atom. The average Bonchev–Trinajstić information content (AvgIpc) is 3.35. The van der Waals surface area contributed by atoms with Gasteiger partial charge in [-0.05, 0) is 31.2 Å². The van der Waals surface area contributed by atoms with Gasteiger partial charge in [-0.15, -0.1) is 13.2 Å². The highest BCUT2D eigenvalue weighted by atomic mass is 19.4. The zero-order valence-electron chi connectivity index (χ0n) is 20.4. The number of hydrogen-bond donors (Lipinski definition) is 0. The molecule has 4 aromatic rings. The molecule has 38 heavy (non-hydrogen) atoms. The second-order valence-corrected chi connectivity index (χ2v) is 8.11. The number of methoxy groups -OCH3 is 3. The van der Waals surface area contributed by atoms with Crippen LogP contribution in [0.1, 0.15) is 26.4 Å². The molecule has 0 saturated carbocycles. The number of benzene rings is 2. The van der Waals surface area contributed by atoms with E-state index in [1.807, 2.05) is 0 Å². The number of hydrogen-bond acceptors (Lipinski definition) is 8. The lowest BCUT2D eigenvalue weighted by Gasteiger charge is -2.18. The third-order valence-corrected chi connectivity index (χ3v) is 5.94. The van der Waals surface area contributed by atoms with Gasteiger partial charge in [-0.3, -0.25) is 9.59 Å². The number of anilines is 1. The van der Waals surface area contributed by atoms with E-state index in [4.69, 9.17) is 14.2 Å². The number of aryl methyl sites for hydroxylation is 1. The van der Waals surface area contributed by atoms with E-state index in [0.717, 1.165) is 17.0 Å². The molecular formula is C25H19F3N4O6. The molecule has 1 aliphatic heterocycles. The van der Waals surface area contributed by atoms with Crippen LogP contribution in [0.2, 0.25) is 0 Å². The number of nitrogens with zero attached hydrogens (tertiary/aromatic N) is 4. The zero-order chi connectivity index (χ0) is 27.4. The number of amides is 2. The Kier molecular flexibility index (Phi) is 5.85. The van der Waals surface area contributed by atoms with Gasteiger partial charge in [0.05, 0.1) is 54.9 Å². The van der Waals surface area contributed by atoms with Crippen molar-refractivity contribution in [1.29, 1.82) is 0 Å². The number of halogens is 3. The maximum atomic E-state index is 13.7. The molecule has 3 heterocycles. The second-order valence-electron chi connectivity index (χ2n) is 8.11. The molecule has 0 atom stereocenters. The lowest BCUT2D eigenvalue weighted by molar-refractivity contribution is -0.274. The molecule has 0 unspecified atom stereocenters.